The summed E-state index contributed by atoms with van der Waals surface area (Å²) < 4.78 is 6.48. The van der Waals surface area contributed by atoms with Gasteiger partial charge >= 0.3 is 0 Å². The van der Waals surface area contributed by atoms with E-state index in [2.05, 4.69) is 43.9 Å². The van der Waals surface area contributed by atoms with Crippen molar-refractivity contribution in [2.75, 3.05) is 13.1 Å². The van der Waals surface area contributed by atoms with Gasteiger partial charge in [-0.1, -0.05) is 31.9 Å². The molecule has 3 aliphatic heterocycles. The first-order valence-corrected chi connectivity index (χ1v) is 9.34. The maximum Gasteiger partial charge on any atom is 0.134 e. The van der Waals surface area contributed by atoms with E-state index in [1.165, 1.54) is 54.6 Å². The van der Waals surface area contributed by atoms with Crippen LogP contribution in [0.1, 0.15) is 55.9 Å². The normalized spacial score (nSPS) is 38.6. The molecular weight excluding hydrogens is 282 g/mol. The van der Waals surface area contributed by atoms with Crippen molar-refractivity contribution in [2.24, 2.45) is 11.3 Å². The van der Waals surface area contributed by atoms with Gasteiger partial charge in [0.2, 0.25) is 0 Å². The zero-order valence-electron chi connectivity index (χ0n) is 14.6. The molecule has 1 aliphatic carbocycles. The first-order chi connectivity index (χ1) is 11.1. The summed E-state index contributed by atoms with van der Waals surface area (Å²) in [6, 6.07) is 7.40. The van der Waals surface area contributed by atoms with Gasteiger partial charge in [0.25, 0.3) is 0 Å². The first-order valence-electron chi connectivity index (χ1n) is 9.34. The third kappa shape index (κ3) is 1.91. The topological polar surface area (TPSA) is 16.4 Å². The number of hydrogen-bond acceptors (Lipinski definition) is 2. The van der Waals surface area contributed by atoms with E-state index in [-0.39, 0.29) is 0 Å². The highest BCUT2D eigenvalue weighted by Crippen LogP contribution is 2.56. The number of nitrogens with zero attached hydrogens (tertiary/aromatic N) is 1. The maximum atomic E-state index is 6.48. The van der Waals surface area contributed by atoms with Crippen molar-refractivity contribution in [1.82, 2.24) is 4.90 Å². The molecule has 6 rings (SSSR count). The van der Waals surface area contributed by atoms with Gasteiger partial charge in [0.1, 0.15) is 11.3 Å². The number of rotatable bonds is 1. The number of hydrogen-bond donors (Lipinski definition) is 0. The van der Waals surface area contributed by atoms with E-state index >= 15 is 0 Å². The maximum absolute atomic E-state index is 6.48. The standard InChI is InChI=1S/C21H27NO/c1-4-14-10-21(3)11-17-19(14)22(12-21)8-7-15-16-9-13(2)5-6-18(16)23-20(15)17/h5-6,9,14,17,19H,4,7-8,10-12H2,1-3H3. The monoisotopic (exact) mass is 309 g/mol. The summed E-state index contributed by atoms with van der Waals surface area (Å²) in [5.74, 6) is 2.79. The Bertz CT molecular complexity index is 775. The molecule has 1 aromatic heterocycles. The molecule has 3 fully saturated rings. The quantitative estimate of drug-likeness (QED) is 0.745. The molecule has 5 atom stereocenters. The van der Waals surface area contributed by atoms with E-state index < -0.39 is 0 Å². The Kier molecular flexibility index (Phi) is 2.84. The van der Waals surface area contributed by atoms with Crippen LogP contribution in [0, 0.1) is 18.3 Å². The Morgan fingerprint density at radius 1 is 1.30 bits per heavy atom. The molecule has 0 amide bonds. The van der Waals surface area contributed by atoms with E-state index in [9.17, 15) is 0 Å². The van der Waals surface area contributed by atoms with Crippen LogP contribution in [-0.2, 0) is 6.42 Å². The van der Waals surface area contributed by atoms with Gasteiger partial charge in [0.15, 0.2) is 0 Å². The number of furan rings is 1. The Labute approximate surface area is 138 Å². The van der Waals surface area contributed by atoms with Gasteiger partial charge in [0, 0.05) is 36.0 Å². The highest BCUT2D eigenvalue weighted by Gasteiger charge is 2.54. The molecule has 0 radical (unpaired) electrons. The zero-order valence-corrected chi connectivity index (χ0v) is 14.6. The van der Waals surface area contributed by atoms with E-state index in [4.69, 9.17) is 4.42 Å². The van der Waals surface area contributed by atoms with Gasteiger partial charge < -0.3 is 4.42 Å². The second kappa shape index (κ2) is 4.63. The number of piperidine rings is 2. The molecule has 122 valence electrons. The summed E-state index contributed by atoms with van der Waals surface area (Å²) in [6.45, 7) is 9.59. The van der Waals surface area contributed by atoms with Gasteiger partial charge in [-0.05, 0) is 49.7 Å². The Morgan fingerprint density at radius 2 is 2.17 bits per heavy atom. The molecule has 1 aromatic carbocycles. The van der Waals surface area contributed by atoms with E-state index in [0.717, 1.165) is 17.9 Å². The lowest BCUT2D eigenvalue weighted by Gasteiger charge is -2.58. The summed E-state index contributed by atoms with van der Waals surface area (Å²) in [5.41, 5.74) is 4.45. The second-order valence-corrected chi connectivity index (χ2v) is 8.65. The van der Waals surface area contributed by atoms with Crippen LogP contribution in [0.4, 0.5) is 0 Å². The van der Waals surface area contributed by atoms with Crippen LogP contribution >= 0.6 is 0 Å². The van der Waals surface area contributed by atoms with Gasteiger partial charge in [-0.3, -0.25) is 4.90 Å². The molecule has 1 saturated carbocycles. The number of benzene rings is 1. The SMILES string of the molecule is CCC1CC2(C)CC3c4oc5ccc(C)cc5c4CCN(C2)C13. The number of aryl methyl sites for hydroxylation is 1. The first kappa shape index (κ1) is 14.1. The van der Waals surface area contributed by atoms with Gasteiger partial charge in [-0.2, -0.15) is 0 Å². The molecule has 2 heteroatoms. The summed E-state index contributed by atoms with van der Waals surface area (Å²) in [4.78, 5) is 2.81. The number of fused-ring (bicyclic) bond motifs is 4. The molecule has 2 saturated heterocycles. The highest BCUT2D eigenvalue weighted by molar-refractivity contribution is 5.83. The van der Waals surface area contributed by atoms with Crippen molar-refractivity contribution < 1.29 is 4.42 Å². The van der Waals surface area contributed by atoms with Crippen molar-refractivity contribution in [3.05, 3.63) is 35.1 Å². The second-order valence-electron chi connectivity index (χ2n) is 8.65. The van der Waals surface area contributed by atoms with E-state index in [1.807, 2.05) is 0 Å². The van der Waals surface area contributed by atoms with Crippen molar-refractivity contribution in [2.45, 2.75) is 58.4 Å². The molecule has 2 nitrogen and oxygen atoms in total. The zero-order chi connectivity index (χ0) is 15.8. The lowest BCUT2D eigenvalue weighted by atomic mass is 9.58. The van der Waals surface area contributed by atoms with Crippen LogP contribution in [0.5, 0.6) is 0 Å². The van der Waals surface area contributed by atoms with E-state index in [0.29, 0.717) is 17.4 Å². The molecule has 2 aromatic rings. The van der Waals surface area contributed by atoms with Crippen LogP contribution in [0.2, 0.25) is 0 Å². The van der Waals surface area contributed by atoms with E-state index in [1.54, 1.807) is 0 Å². The molecule has 0 spiro atoms. The Hall–Kier alpha value is -1.28. The van der Waals surface area contributed by atoms with Crippen molar-refractivity contribution >= 4 is 11.0 Å². The minimum Gasteiger partial charge on any atom is -0.460 e. The van der Waals surface area contributed by atoms with Gasteiger partial charge in [-0.25, -0.2) is 0 Å². The lowest BCUT2D eigenvalue weighted by Crippen LogP contribution is -2.60. The molecule has 23 heavy (non-hydrogen) atoms. The smallest absolute Gasteiger partial charge is 0.134 e. The summed E-state index contributed by atoms with van der Waals surface area (Å²) in [6.07, 6.45) is 5.19. The van der Waals surface area contributed by atoms with Crippen LogP contribution in [0.15, 0.2) is 22.6 Å². The van der Waals surface area contributed by atoms with Crippen molar-refractivity contribution in [3.63, 3.8) is 0 Å². The minimum absolute atomic E-state index is 0.483. The van der Waals surface area contributed by atoms with Crippen LogP contribution in [-0.4, -0.2) is 24.0 Å². The third-order valence-corrected chi connectivity index (χ3v) is 6.86. The predicted molar refractivity (Wildman–Crippen MR) is 93.9 cm³/mol. The van der Waals surface area contributed by atoms with Crippen LogP contribution < -0.4 is 0 Å². The molecule has 4 bridgehead atoms. The van der Waals surface area contributed by atoms with Crippen molar-refractivity contribution in [3.8, 4) is 0 Å². The minimum atomic E-state index is 0.483. The highest BCUT2D eigenvalue weighted by atomic mass is 16.3. The summed E-state index contributed by atoms with van der Waals surface area (Å²) in [7, 11) is 0. The third-order valence-electron chi connectivity index (χ3n) is 6.86. The molecule has 5 unspecified atom stereocenters. The van der Waals surface area contributed by atoms with Crippen molar-refractivity contribution in [1.29, 1.82) is 0 Å². The Balaban J connectivity index is 1.70. The summed E-state index contributed by atoms with van der Waals surface area (Å²) >= 11 is 0. The predicted octanol–water partition coefficient (Wildman–Crippen LogP) is 4.89. The van der Waals surface area contributed by atoms with Gasteiger partial charge in [-0.15, -0.1) is 0 Å². The lowest BCUT2D eigenvalue weighted by molar-refractivity contribution is -0.0673. The largest absolute Gasteiger partial charge is 0.460 e. The van der Waals surface area contributed by atoms with Crippen LogP contribution in [0.3, 0.4) is 0 Å². The molecule has 0 N–H and O–H groups in total. The molecule has 4 aliphatic rings. The van der Waals surface area contributed by atoms with Crippen LogP contribution in [0.25, 0.3) is 11.0 Å². The average Bonchev–Trinajstić information content (AvgIpc) is 2.84. The fourth-order valence-electron chi connectivity index (χ4n) is 6.05. The molecular formula is C21H27NO. The fraction of sp³-hybridized carbons (Fsp3) is 0.619. The Morgan fingerprint density at radius 3 is 3.00 bits per heavy atom. The molecule has 4 heterocycles. The summed E-state index contributed by atoms with van der Waals surface area (Å²) in [5, 5.41) is 1.38. The fourth-order valence-corrected chi connectivity index (χ4v) is 6.05. The average molecular weight is 309 g/mol. The van der Waals surface area contributed by atoms with Gasteiger partial charge in [0.05, 0.1) is 0 Å².